The average molecular weight is 310 g/mol. The van der Waals surface area contributed by atoms with Crippen molar-refractivity contribution < 1.29 is 9.90 Å². The Bertz CT molecular complexity index is 587. The van der Waals surface area contributed by atoms with E-state index in [0.717, 1.165) is 24.0 Å². The normalized spacial score (nSPS) is 15.4. The van der Waals surface area contributed by atoms with Crippen LogP contribution < -0.4 is 10.6 Å². The summed E-state index contributed by atoms with van der Waals surface area (Å²) in [7, 11) is 0. The van der Waals surface area contributed by atoms with E-state index in [9.17, 15) is 9.90 Å². The van der Waals surface area contributed by atoms with Gasteiger partial charge in [0.25, 0.3) is 0 Å². The lowest BCUT2D eigenvalue weighted by Gasteiger charge is -2.25. The molecule has 2 aromatic carbocycles. The number of rotatable bonds is 7. The van der Waals surface area contributed by atoms with E-state index in [-0.39, 0.29) is 24.6 Å². The Morgan fingerprint density at radius 3 is 1.96 bits per heavy atom. The number of benzene rings is 2. The zero-order valence-electron chi connectivity index (χ0n) is 13.0. The second kappa shape index (κ2) is 7.40. The summed E-state index contributed by atoms with van der Waals surface area (Å²) in [5.41, 5.74) is 2.13. The lowest BCUT2D eigenvalue weighted by Crippen LogP contribution is -2.48. The van der Waals surface area contributed by atoms with Crippen molar-refractivity contribution in [2.45, 2.75) is 31.0 Å². The van der Waals surface area contributed by atoms with Gasteiger partial charge in [-0.15, -0.1) is 0 Å². The van der Waals surface area contributed by atoms with Gasteiger partial charge in [-0.1, -0.05) is 60.7 Å². The zero-order chi connectivity index (χ0) is 16.1. The number of carbonyl (C=O) groups excluding carboxylic acids is 1. The molecule has 1 amide bonds. The molecule has 0 heterocycles. The summed E-state index contributed by atoms with van der Waals surface area (Å²) >= 11 is 0. The molecule has 23 heavy (non-hydrogen) atoms. The third kappa shape index (κ3) is 4.18. The van der Waals surface area contributed by atoms with E-state index in [4.69, 9.17) is 0 Å². The van der Waals surface area contributed by atoms with Gasteiger partial charge in [-0.3, -0.25) is 10.1 Å². The number of nitrogens with one attached hydrogen (secondary N) is 2. The van der Waals surface area contributed by atoms with Crippen molar-refractivity contribution in [1.29, 1.82) is 0 Å². The first kappa shape index (κ1) is 15.7. The first-order valence-corrected chi connectivity index (χ1v) is 8.05. The molecular weight excluding hydrogens is 288 g/mol. The maximum Gasteiger partial charge on any atom is 0.239 e. The van der Waals surface area contributed by atoms with Crippen molar-refractivity contribution in [3.63, 3.8) is 0 Å². The molecule has 1 fully saturated rings. The molecule has 1 unspecified atom stereocenters. The van der Waals surface area contributed by atoms with E-state index < -0.39 is 6.04 Å². The molecule has 0 radical (unpaired) electrons. The Kier molecular flexibility index (Phi) is 5.05. The molecule has 1 aliphatic rings. The summed E-state index contributed by atoms with van der Waals surface area (Å²) in [6.07, 6.45) is 2.06. The van der Waals surface area contributed by atoms with E-state index in [1.54, 1.807) is 0 Å². The van der Waals surface area contributed by atoms with E-state index in [1.807, 2.05) is 60.7 Å². The topological polar surface area (TPSA) is 61.4 Å². The van der Waals surface area contributed by atoms with Gasteiger partial charge in [0.1, 0.15) is 6.04 Å². The number of carbonyl (C=O) groups is 1. The van der Waals surface area contributed by atoms with Gasteiger partial charge in [0, 0.05) is 6.04 Å². The summed E-state index contributed by atoms with van der Waals surface area (Å²) in [6.45, 7) is -0.227. The maximum atomic E-state index is 12.3. The van der Waals surface area contributed by atoms with Crippen LogP contribution in [0.5, 0.6) is 0 Å². The number of hydrogen-bond acceptors (Lipinski definition) is 3. The van der Waals surface area contributed by atoms with Gasteiger partial charge in [0.2, 0.25) is 5.91 Å². The summed E-state index contributed by atoms with van der Waals surface area (Å²) in [4.78, 5) is 12.3. The summed E-state index contributed by atoms with van der Waals surface area (Å²) in [6, 6.07) is 19.5. The van der Waals surface area contributed by atoms with Crippen molar-refractivity contribution in [2.75, 3.05) is 6.61 Å². The largest absolute Gasteiger partial charge is 0.394 e. The molecule has 0 aliphatic heterocycles. The predicted molar refractivity (Wildman–Crippen MR) is 89.9 cm³/mol. The first-order valence-electron chi connectivity index (χ1n) is 8.05. The molecule has 3 N–H and O–H groups in total. The van der Waals surface area contributed by atoms with Crippen LogP contribution in [0.2, 0.25) is 0 Å². The predicted octanol–water partition coefficient (Wildman–Crippen LogP) is 2.01. The van der Waals surface area contributed by atoms with Gasteiger partial charge in [0.15, 0.2) is 0 Å². The molecule has 1 aliphatic carbocycles. The van der Waals surface area contributed by atoms with E-state index >= 15 is 0 Å². The molecule has 1 saturated carbocycles. The number of amides is 1. The Morgan fingerprint density at radius 2 is 1.52 bits per heavy atom. The van der Waals surface area contributed by atoms with Crippen molar-refractivity contribution in [1.82, 2.24) is 10.6 Å². The van der Waals surface area contributed by atoms with Crippen molar-refractivity contribution in [2.24, 2.45) is 0 Å². The fourth-order valence-electron chi connectivity index (χ4n) is 2.62. The van der Waals surface area contributed by atoms with Gasteiger partial charge in [-0.25, -0.2) is 0 Å². The molecule has 0 saturated heterocycles. The summed E-state index contributed by atoms with van der Waals surface area (Å²) < 4.78 is 0. The highest BCUT2D eigenvalue weighted by Gasteiger charge is 2.29. The minimum atomic E-state index is -0.624. The van der Waals surface area contributed by atoms with E-state index in [1.165, 1.54) is 0 Å². The van der Waals surface area contributed by atoms with Crippen LogP contribution in [0.3, 0.4) is 0 Å². The summed E-state index contributed by atoms with van der Waals surface area (Å²) in [5.74, 6) is -0.133. The number of aliphatic hydroxyl groups is 1. The smallest absolute Gasteiger partial charge is 0.239 e. The molecule has 0 bridgehead atoms. The van der Waals surface area contributed by atoms with Crippen LogP contribution in [-0.4, -0.2) is 29.7 Å². The Morgan fingerprint density at radius 1 is 1.00 bits per heavy atom. The van der Waals surface area contributed by atoms with Gasteiger partial charge in [0.05, 0.1) is 12.6 Å². The third-order valence-electron chi connectivity index (χ3n) is 4.06. The van der Waals surface area contributed by atoms with Crippen molar-refractivity contribution >= 4 is 5.91 Å². The van der Waals surface area contributed by atoms with Crippen LogP contribution in [0.1, 0.15) is 30.0 Å². The molecule has 1 atom stereocenters. The molecule has 120 valence electrons. The molecule has 4 nitrogen and oxygen atoms in total. The quantitative estimate of drug-likeness (QED) is 0.733. The fraction of sp³-hybridized carbons (Fsp3) is 0.316. The van der Waals surface area contributed by atoms with Crippen LogP contribution >= 0.6 is 0 Å². The Balaban J connectivity index is 1.81. The van der Waals surface area contributed by atoms with Crippen LogP contribution in [0.4, 0.5) is 0 Å². The SMILES string of the molecule is O=C(NC1CC1)C(CO)NC(c1ccccc1)c1ccccc1. The van der Waals surface area contributed by atoms with Gasteiger partial charge in [-0.2, -0.15) is 0 Å². The van der Waals surface area contributed by atoms with Gasteiger partial charge >= 0.3 is 0 Å². The molecule has 3 rings (SSSR count). The Hall–Kier alpha value is -2.17. The minimum absolute atomic E-state index is 0.133. The van der Waals surface area contributed by atoms with Crippen LogP contribution in [0, 0.1) is 0 Å². The molecular formula is C19H22N2O2. The number of aliphatic hydroxyl groups excluding tert-OH is 1. The summed E-state index contributed by atoms with van der Waals surface area (Å²) in [5, 5.41) is 15.9. The van der Waals surface area contributed by atoms with Crippen molar-refractivity contribution in [3.8, 4) is 0 Å². The third-order valence-corrected chi connectivity index (χ3v) is 4.06. The Labute approximate surface area is 136 Å². The fourth-order valence-corrected chi connectivity index (χ4v) is 2.62. The highest BCUT2D eigenvalue weighted by molar-refractivity contribution is 5.82. The van der Waals surface area contributed by atoms with Gasteiger partial charge < -0.3 is 10.4 Å². The average Bonchev–Trinajstić information content (AvgIpc) is 3.41. The van der Waals surface area contributed by atoms with Gasteiger partial charge in [-0.05, 0) is 24.0 Å². The van der Waals surface area contributed by atoms with E-state index in [0.29, 0.717) is 0 Å². The highest BCUT2D eigenvalue weighted by atomic mass is 16.3. The lowest BCUT2D eigenvalue weighted by molar-refractivity contribution is -0.124. The second-order valence-electron chi connectivity index (χ2n) is 5.94. The monoisotopic (exact) mass is 310 g/mol. The van der Waals surface area contributed by atoms with Crippen LogP contribution in [0.25, 0.3) is 0 Å². The minimum Gasteiger partial charge on any atom is -0.394 e. The molecule has 0 aromatic heterocycles. The zero-order valence-corrected chi connectivity index (χ0v) is 13.0. The second-order valence-corrected chi connectivity index (χ2v) is 5.94. The molecule has 4 heteroatoms. The first-order chi connectivity index (χ1) is 11.3. The van der Waals surface area contributed by atoms with Crippen LogP contribution in [0.15, 0.2) is 60.7 Å². The standard InChI is InChI=1S/C19H22N2O2/c22-13-17(19(23)20-16-11-12-16)21-18(14-7-3-1-4-8-14)15-9-5-2-6-10-15/h1-10,16-18,21-22H,11-13H2,(H,20,23). The maximum absolute atomic E-state index is 12.3. The van der Waals surface area contributed by atoms with Crippen molar-refractivity contribution in [3.05, 3.63) is 71.8 Å². The highest BCUT2D eigenvalue weighted by Crippen LogP contribution is 2.23. The van der Waals surface area contributed by atoms with Crippen LogP contribution in [-0.2, 0) is 4.79 Å². The number of hydrogen-bond donors (Lipinski definition) is 3. The molecule has 0 spiro atoms. The molecule has 2 aromatic rings. The lowest BCUT2D eigenvalue weighted by atomic mass is 9.97. The van der Waals surface area contributed by atoms with E-state index in [2.05, 4.69) is 10.6 Å².